The molecule has 0 radical (unpaired) electrons. The Bertz CT molecular complexity index is 2070. The number of hydrogen-bond donors (Lipinski definition) is 2. The zero-order valence-electron chi connectivity index (χ0n) is 27.0. The smallest absolute Gasteiger partial charge is 0.321 e. The third kappa shape index (κ3) is 3.96. The van der Waals surface area contributed by atoms with Gasteiger partial charge in [-0.3, -0.25) is 29.2 Å². The second-order valence-corrected chi connectivity index (χ2v) is 13.0. The molecule has 6 bridgehead atoms. The number of esters is 1. The zero-order chi connectivity index (χ0) is 32.9. The summed E-state index contributed by atoms with van der Waals surface area (Å²) < 4.78 is 8.88. The van der Waals surface area contributed by atoms with Crippen molar-refractivity contribution in [2.45, 2.75) is 60.8 Å². The van der Waals surface area contributed by atoms with Crippen LogP contribution in [0.15, 0.2) is 21.4 Å². The van der Waals surface area contributed by atoms with Gasteiger partial charge < -0.3 is 9.84 Å². The van der Waals surface area contributed by atoms with Crippen LogP contribution in [0.4, 0.5) is 0 Å². The summed E-state index contributed by atoms with van der Waals surface area (Å²) in [6, 6.07) is 0. The molecule has 46 heavy (non-hydrogen) atoms. The SMILES string of the molecule is CC[C@H]1C2=NC(=C\c3c(C(C)=O)c(C)c4n3Nn3c5c(c(C)/c3=C/2)C(=O)[C@H](C(=O)OC)C=5C2=N/C(=C\4)[C@@H](C)[C@@H]2CCC(=O)O)/[C@@H]1C. The van der Waals surface area contributed by atoms with Gasteiger partial charge in [0, 0.05) is 58.3 Å². The molecule has 0 spiro atoms. The molecule has 238 valence electrons. The molecule has 0 amide bonds. The van der Waals surface area contributed by atoms with E-state index in [-0.39, 0.29) is 48.1 Å². The molecule has 1 aliphatic carbocycles. The molecule has 5 aliphatic rings. The Morgan fingerprint density at radius 1 is 0.978 bits per heavy atom. The number of rotatable bonds is 6. The van der Waals surface area contributed by atoms with Gasteiger partial charge in [-0.15, -0.1) is 0 Å². The van der Waals surface area contributed by atoms with Gasteiger partial charge in [0.25, 0.3) is 0 Å². The molecule has 11 nitrogen and oxygen atoms in total. The number of carboxylic acids is 1. The highest BCUT2D eigenvalue weighted by molar-refractivity contribution is 6.35. The molecule has 2 N–H and O–H groups in total. The molecule has 0 aromatic carbocycles. The Balaban J connectivity index is 1.69. The molecule has 2 aromatic rings. The Morgan fingerprint density at radius 2 is 1.65 bits per heavy atom. The molecule has 6 heterocycles. The molecule has 0 fully saturated rings. The fourth-order valence-corrected chi connectivity index (χ4v) is 8.19. The molecule has 0 saturated carbocycles. The molecule has 2 aromatic heterocycles. The fourth-order valence-electron chi connectivity index (χ4n) is 8.19. The van der Waals surface area contributed by atoms with Crippen LogP contribution in [0, 0.1) is 43.4 Å². The number of ether oxygens (including phenoxy) is 1. The summed E-state index contributed by atoms with van der Waals surface area (Å²) in [6.45, 7) is 11.6. The van der Waals surface area contributed by atoms with Gasteiger partial charge in [-0.05, 0) is 63.0 Å². The van der Waals surface area contributed by atoms with Crippen LogP contribution in [0.5, 0.6) is 0 Å². The number of aromatic nitrogens is 2. The number of carbonyl (C=O) groups excluding carboxylic acids is 3. The number of aliphatic imine (C=N–C) groups is 2. The number of ketones is 2. The molecule has 0 saturated heterocycles. The van der Waals surface area contributed by atoms with Crippen molar-refractivity contribution in [3.8, 4) is 0 Å². The minimum Gasteiger partial charge on any atom is -0.481 e. The number of aliphatic carboxylic acids is 1. The van der Waals surface area contributed by atoms with Crippen molar-refractivity contribution in [3.63, 3.8) is 0 Å². The highest BCUT2D eigenvalue weighted by Crippen LogP contribution is 2.43. The summed E-state index contributed by atoms with van der Waals surface area (Å²) in [4.78, 5) is 63.1. The summed E-state index contributed by atoms with van der Waals surface area (Å²) >= 11 is 0. The van der Waals surface area contributed by atoms with Gasteiger partial charge in [-0.25, -0.2) is 14.9 Å². The van der Waals surface area contributed by atoms with Crippen molar-refractivity contribution < 1.29 is 29.0 Å². The minimum atomic E-state index is -1.25. The second-order valence-electron chi connectivity index (χ2n) is 13.0. The van der Waals surface area contributed by atoms with Crippen molar-refractivity contribution >= 4 is 58.7 Å². The summed E-state index contributed by atoms with van der Waals surface area (Å²) in [5, 5.41) is 10.9. The lowest BCUT2D eigenvalue weighted by Crippen LogP contribution is -2.42. The maximum Gasteiger partial charge on any atom is 0.321 e. The van der Waals surface area contributed by atoms with Crippen LogP contribution in [0.3, 0.4) is 0 Å². The highest BCUT2D eigenvalue weighted by atomic mass is 16.5. The minimum absolute atomic E-state index is 0.0925. The predicted molar refractivity (Wildman–Crippen MR) is 173 cm³/mol. The fraction of sp³-hybridized carbons (Fsp3) is 0.429. The Morgan fingerprint density at radius 3 is 2.30 bits per heavy atom. The van der Waals surface area contributed by atoms with Crippen LogP contribution >= 0.6 is 0 Å². The number of Topliss-reactive ketones (excluding diaryl/α,β-unsaturated/α-hetero) is 2. The van der Waals surface area contributed by atoms with E-state index in [1.165, 1.54) is 7.11 Å². The molecule has 5 atom stereocenters. The quantitative estimate of drug-likeness (QED) is 0.285. The third-order valence-electron chi connectivity index (χ3n) is 10.6. The van der Waals surface area contributed by atoms with Crippen molar-refractivity contribution in [1.82, 2.24) is 9.35 Å². The van der Waals surface area contributed by atoms with Crippen molar-refractivity contribution in [3.05, 3.63) is 55.7 Å². The molecule has 11 heteroatoms. The molecular formula is C35H37N5O6. The average molecular weight is 624 g/mol. The maximum absolute atomic E-state index is 14.4. The summed E-state index contributed by atoms with van der Waals surface area (Å²) in [6.07, 6.45) is 6.95. The molecule has 4 aliphatic heterocycles. The van der Waals surface area contributed by atoms with Crippen LogP contribution in [0.2, 0.25) is 0 Å². The zero-order valence-corrected chi connectivity index (χ0v) is 27.0. The molecular weight excluding hydrogens is 586 g/mol. The average Bonchev–Trinajstić information content (AvgIpc) is 3.72. The predicted octanol–water partition coefficient (Wildman–Crippen LogP) is 3.43. The van der Waals surface area contributed by atoms with E-state index >= 15 is 0 Å². The number of nitrogens with one attached hydrogen (secondary N) is 1. The lowest BCUT2D eigenvalue weighted by Gasteiger charge is -2.21. The number of nitrogens with zero attached hydrogens (tertiary/aromatic N) is 4. The normalized spacial score (nSPS) is 28.2. The van der Waals surface area contributed by atoms with Gasteiger partial charge in [-0.1, -0.05) is 20.8 Å². The van der Waals surface area contributed by atoms with Crippen LogP contribution in [-0.4, -0.2) is 56.5 Å². The second kappa shape index (κ2) is 10.4. The van der Waals surface area contributed by atoms with E-state index in [0.717, 1.165) is 23.4 Å². The lowest BCUT2D eigenvalue weighted by atomic mass is 9.81. The number of allylic oxidation sites excluding steroid dienone is 2. The van der Waals surface area contributed by atoms with Gasteiger partial charge in [0.15, 0.2) is 11.6 Å². The number of hydrogen-bond acceptors (Lipinski definition) is 8. The number of fused-ring (bicyclic) bond motifs is 3. The largest absolute Gasteiger partial charge is 0.481 e. The number of carboxylic acid groups (broad SMARTS) is 1. The van der Waals surface area contributed by atoms with Crippen molar-refractivity contribution in [2.24, 2.45) is 39.6 Å². The lowest BCUT2D eigenvalue weighted by molar-refractivity contribution is -0.142. The van der Waals surface area contributed by atoms with Crippen molar-refractivity contribution in [2.75, 3.05) is 12.6 Å². The van der Waals surface area contributed by atoms with E-state index in [4.69, 9.17) is 14.7 Å². The van der Waals surface area contributed by atoms with Crippen LogP contribution in [0.1, 0.15) is 90.2 Å². The van der Waals surface area contributed by atoms with E-state index in [0.29, 0.717) is 55.8 Å². The molecule has 0 unspecified atom stereocenters. The third-order valence-corrected chi connectivity index (χ3v) is 10.6. The number of methoxy groups -OCH3 is 1. The topological polar surface area (TPSA) is 144 Å². The van der Waals surface area contributed by atoms with Gasteiger partial charge in [0.05, 0.1) is 40.5 Å². The van der Waals surface area contributed by atoms with E-state index in [2.05, 4.69) is 19.4 Å². The van der Waals surface area contributed by atoms with E-state index in [9.17, 15) is 24.3 Å². The first-order valence-electron chi connectivity index (χ1n) is 15.8. The highest BCUT2D eigenvalue weighted by Gasteiger charge is 2.48. The van der Waals surface area contributed by atoms with Gasteiger partial charge >= 0.3 is 11.9 Å². The maximum atomic E-state index is 14.4. The standard InChI is InChI=1S/C35H37N5O6/c1-8-19-14(2)21-12-26-28(18(6)41)16(4)24-11-22-15(3)20(9-10-27(42)43)32(37-22)30-31(35(45)46-7)34(44)29-17(5)25(13-23(19)36-21)40(33(29)30)38-39(24)26/h11-15,19-20,31,38H,8-10H2,1-7H3,(H,42,43)/b21-12-,22-11-,23-13?,24-11?,25-13-,26-12?,32-30?/t14-,15+,19-,20+,31-/m1/s1. The Labute approximate surface area is 265 Å². The van der Waals surface area contributed by atoms with Crippen molar-refractivity contribution in [1.29, 1.82) is 0 Å². The van der Waals surface area contributed by atoms with E-state index in [1.807, 2.05) is 48.4 Å². The first kappa shape index (κ1) is 29.9. The summed E-state index contributed by atoms with van der Waals surface area (Å²) in [5.41, 5.74) is 10.7. The van der Waals surface area contributed by atoms with Gasteiger partial charge in [0.1, 0.15) is 5.92 Å². The van der Waals surface area contributed by atoms with Crippen LogP contribution in [-0.2, 0) is 14.3 Å². The summed E-state index contributed by atoms with van der Waals surface area (Å²) in [7, 11) is 1.26. The summed E-state index contributed by atoms with van der Waals surface area (Å²) in [5.74, 6) is -3.77. The van der Waals surface area contributed by atoms with Gasteiger partial charge in [-0.2, -0.15) is 0 Å². The van der Waals surface area contributed by atoms with Gasteiger partial charge in [0.2, 0.25) is 0 Å². The first-order chi connectivity index (χ1) is 21.9. The van der Waals surface area contributed by atoms with Crippen LogP contribution in [0.25, 0.3) is 23.8 Å². The first-order valence-corrected chi connectivity index (χ1v) is 15.8. The molecule has 7 rings (SSSR count). The van der Waals surface area contributed by atoms with Crippen LogP contribution < -0.4 is 16.2 Å². The van der Waals surface area contributed by atoms with E-state index in [1.54, 1.807) is 6.92 Å². The Hall–Kier alpha value is -4.80. The monoisotopic (exact) mass is 623 g/mol. The Kier molecular flexibility index (Phi) is 6.73. The number of carbonyl (C=O) groups is 4. The van der Waals surface area contributed by atoms with E-state index < -0.39 is 17.9 Å².